The van der Waals surface area contributed by atoms with Crippen molar-refractivity contribution in [2.24, 2.45) is 0 Å². The number of hydrogen-bond acceptors (Lipinski definition) is 4. The summed E-state index contributed by atoms with van der Waals surface area (Å²) in [6.07, 6.45) is 6.79. The van der Waals surface area contributed by atoms with Crippen LogP contribution in [0.1, 0.15) is 21.5 Å². The SMILES string of the molecule is Cc1cccc(NC(=O)c2cncc(NCc3cccnc3)c2)c1. The average Bonchev–Trinajstić information content (AvgIpc) is 2.61. The van der Waals surface area contributed by atoms with Gasteiger partial charge in [0.1, 0.15) is 0 Å². The molecular formula is C19H18N4O. The van der Waals surface area contributed by atoms with E-state index in [1.54, 1.807) is 30.9 Å². The molecule has 0 aliphatic rings. The maximum atomic E-state index is 12.4. The number of aromatic nitrogens is 2. The van der Waals surface area contributed by atoms with Gasteiger partial charge in [0.2, 0.25) is 0 Å². The van der Waals surface area contributed by atoms with Crippen LogP contribution in [0.15, 0.2) is 67.3 Å². The molecule has 5 heteroatoms. The number of pyridine rings is 2. The maximum absolute atomic E-state index is 12.4. The molecule has 0 atom stereocenters. The highest BCUT2D eigenvalue weighted by Gasteiger charge is 2.08. The predicted molar refractivity (Wildman–Crippen MR) is 94.9 cm³/mol. The molecule has 2 N–H and O–H groups in total. The Morgan fingerprint density at radius 1 is 1.00 bits per heavy atom. The van der Waals surface area contributed by atoms with Gasteiger partial charge < -0.3 is 10.6 Å². The number of nitrogens with one attached hydrogen (secondary N) is 2. The third-order valence-corrected chi connectivity index (χ3v) is 3.50. The van der Waals surface area contributed by atoms with E-state index >= 15 is 0 Å². The second-order valence-corrected chi connectivity index (χ2v) is 5.50. The van der Waals surface area contributed by atoms with Gasteiger partial charge in [0, 0.05) is 37.0 Å². The molecule has 0 spiro atoms. The summed E-state index contributed by atoms with van der Waals surface area (Å²) in [7, 11) is 0. The lowest BCUT2D eigenvalue weighted by atomic mass is 10.2. The molecule has 2 heterocycles. The van der Waals surface area contributed by atoms with Crippen LogP contribution in [0.4, 0.5) is 11.4 Å². The summed E-state index contributed by atoms with van der Waals surface area (Å²) >= 11 is 0. The minimum Gasteiger partial charge on any atom is -0.380 e. The summed E-state index contributed by atoms with van der Waals surface area (Å²) in [4.78, 5) is 20.6. The summed E-state index contributed by atoms with van der Waals surface area (Å²) in [6, 6.07) is 13.4. The smallest absolute Gasteiger partial charge is 0.257 e. The van der Waals surface area contributed by atoms with Crippen LogP contribution in [0.3, 0.4) is 0 Å². The van der Waals surface area contributed by atoms with Crippen LogP contribution >= 0.6 is 0 Å². The van der Waals surface area contributed by atoms with Crippen molar-refractivity contribution in [3.8, 4) is 0 Å². The third-order valence-electron chi connectivity index (χ3n) is 3.50. The van der Waals surface area contributed by atoms with Crippen molar-refractivity contribution in [3.63, 3.8) is 0 Å². The van der Waals surface area contributed by atoms with Crippen molar-refractivity contribution in [1.29, 1.82) is 0 Å². The van der Waals surface area contributed by atoms with Crippen LogP contribution in [-0.4, -0.2) is 15.9 Å². The van der Waals surface area contributed by atoms with Crippen LogP contribution in [0, 0.1) is 6.92 Å². The molecule has 1 aromatic carbocycles. The van der Waals surface area contributed by atoms with Crippen molar-refractivity contribution < 1.29 is 4.79 Å². The Morgan fingerprint density at radius 3 is 2.71 bits per heavy atom. The molecule has 0 aliphatic heterocycles. The second-order valence-electron chi connectivity index (χ2n) is 5.50. The number of benzene rings is 1. The van der Waals surface area contributed by atoms with E-state index in [0.29, 0.717) is 12.1 Å². The summed E-state index contributed by atoms with van der Waals surface area (Å²) in [6.45, 7) is 2.61. The zero-order valence-electron chi connectivity index (χ0n) is 13.4. The average molecular weight is 318 g/mol. The van der Waals surface area contributed by atoms with Crippen LogP contribution in [0.2, 0.25) is 0 Å². The van der Waals surface area contributed by atoms with E-state index in [1.165, 1.54) is 0 Å². The molecule has 0 saturated heterocycles. The first-order chi connectivity index (χ1) is 11.7. The predicted octanol–water partition coefficient (Wildman–Crippen LogP) is 3.65. The summed E-state index contributed by atoms with van der Waals surface area (Å²) in [5, 5.41) is 6.13. The normalized spacial score (nSPS) is 10.2. The standard InChI is InChI=1S/C19H18N4O/c1-14-4-2-6-17(8-14)23-19(24)16-9-18(13-21-12-16)22-11-15-5-3-7-20-10-15/h2-10,12-13,22H,11H2,1H3,(H,23,24). The Balaban J connectivity index is 1.67. The van der Waals surface area contributed by atoms with Crippen LogP contribution in [-0.2, 0) is 6.54 Å². The molecule has 0 saturated carbocycles. The number of amides is 1. The largest absolute Gasteiger partial charge is 0.380 e. The maximum Gasteiger partial charge on any atom is 0.257 e. The number of hydrogen-bond donors (Lipinski definition) is 2. The minimum absolute atomic E-state index is 0.182. The topological polar surface area (TPSA) is 66.9 Å². The van der Waals surface area contributed by atoms with Crippen LogP contribution < -0.4 is 10.6 Å². The molecule has 0 unspecified atom stereocenters. The fourth-order valence-corrected chi connectivity index (χ4v) is 2.29. The van der Waals surface area contributed by atoms with Gasteiger partial charge in [-0.2, -0.15) is 0 Å². The zero-order chi connectivity index (χ0) is 16.8. The van der Waals surface area contributed by atoms with Gasteiger partial charge in [0.05, 0.1) is 11.3 Å². The van der Waals surface area contributed by atoms with Gasteiger partial charge in [-0.05, 0) is 42.3 Å². The van der Waals surface area contributed by atoms with E-state index in [0.717, 1.165) is 22.5 Å². The van der Waals surface area contributed by atoms with Crippen molar-refractivity contribution in [3.05, 3.63) is 83.9 Å². The molecule has 5 nitrogen and oxygen atoms in total. The van der Waals surface area contributed by atoms with E-state index in [1.807, 2.05) is 43.3 Å². The first-order valence-corrected chi connectivity index (χ1v) is 7.66. The van der Waals surface area contributed by atoms with Gasteiger partial charge in [-0.15, -0.1) is 0 Å². The number of nitrogens with zero attached hydrogens (tertiary/aromatic N) is 2. The van der Waals surface area contributed by atoms with E-state index in [-0.39, 0.29) is 5.91 Å². The van der Waals surface area contributed by atoms with Gasteiger partial charge in [0.25, 0.3) is 5.91 Å². The molecule has 0 radical (unpaired) electrons. The van der Waals surface area contributed by atoms with Crippen LogP contribution in [0.25, 0.3) is 0 Å². The van der Waals surface area contributed by atoms with Crippen molar-refractivity contribution >= 4 is 17.3 Å². The molecule has 3 rings (SSSR count). The Hall–Kier alpha value is -3.21. The van der Waals surface area contributed by atoms with Crippen molar-refractivity contribution in [2.75, 3.05) is 10.6 Å². The van der Waals surface area contributed by atoms with E-state index in [9.17, 15) is 4.79 Å². The molecule has 24 heavy (non-hydrogen) atoms. The lowest BCUT2D eigenvalue weighted by Gasteiger charge is -2.09. The van der Waals surface area contributed by atoms with Gasteiger partial charge in [-0.1, -0.05) is 18.2 Å². The second kappa shape index (κ2) is 7.37. The number of aryl methyl sites for hydroxylation is 1. The Kier molecular flexibility index (Phi) is 4.81. The Labute approximate surface area is 140 Å². The van der Waals surface area contributed by atoms with E-state index in [4.69, 9.17) is 0 Å². The highest BCUT2D eigenvalue weighted by molar-refractivity contribution is 6.04. The van der Waals surface area contributed by atoms with Crippen LogP contribution in [0.5, 0.6) is 0 Å². The van der Waals surface area contributed by atoms with Gasteiger partial charge >= 0.3 is 0 Å². The lowest BCUT2D eigenvalue weighted by Crippen LogP contribution is -2.13. The van der Waals surface area contributed by atoms with Crippen molar-refractivity contribution in [2.45, 2.75) is 13.5 Å². The van der Waals surface area contributed by atoms with Gasteiger partial charge in [-0.25, -0.2) is 0 Å². The molecule has 120 valence electrons. The Bertz CT molecular complexity index is 834. The molecular weight excluding hydrogens is 300 g/mol. The fourth-order valence-electron chi connectivity index (χ4n) is 2.29. The molecule has 3 aromatic rings. The molecule has 2 aromatic heterocycles. The first kappa shape index (κ1) is 15.7. The van der Waals surface area contributed by atoms with Crippen molar-refractivity contribution in [1.82, 2.24) is 9.97 Å². The summed E-state index contributed by atoms with van der Waals surface area (Å²) in [5.41, 5.74) is 4.22. The fraction of sp³-hybridized carbons (Fsp3) is 0.105. The monoisotopic (exact) mass is 318 g/mol. The minimum atomic E-state index is -0.182. The molecule has 0 fully saturated rings. The number of carbonyl (C=O) groups excluding carboxylic acids is 1. The quantitative estimate of drug-likeness (QED) is 0.753. The number of anilines is 2. The number of rotatable bonds is 5. The highest BCUT2D eigenvalue weighted by atomic mass is 16.1. The third kappa shape index (κ3) is 4.16. The van der Waals surface area contributed by atoms with E-state index in [2.05, 4.69) is 20.6 Å². The molecule has 0 bridgehead atoms. The summed E-state index contributed by atoms with van der Waals surface area (Å²) < 4.78 is 0. The Morgan fingerprint density at radius 2 is 1.92 bits per heavy atom. The first-order valence-electron chi connectivity index (χ1n) is 7.66. The molecule has 1 amide bonds. The zero-order valence-corrected chi connectivity index (χ0v) is 13.4. The highest BCUT2D eigenvalue weighted by Crippen LogP contribution is 2.14. The molecule has 0 aliphatic carbocycles. The van der Waals surface area contributed by atoms with Gasteiger partial charge in [0.15, 0.2) is 0 Å². The lowest BCUT2D eigenvalue weighted by molar-refractivity contribution is 0.102. The summed E-state index contributed by atoms with van der Waals surface area (Å²) in [5.74, 6) is -0.182. The van der Waals surface area contributed by atoms with E-state index < -0.39 is 0 Å². The number of carbonyl (C=O) groups is 1. The van der Waals surface area contributed by atoms with Gasteiger partial charge in [-0.3, -0.25) is 14.8 Å².